The number of hydrogen-bond donors (Lipinski definition) is 0. The number of rotatable bonds is 9. The standard InChI is InChI=1S/C23H27N7O2/c1-2-32-23(31)12-19-11-21(20-7-9-22(10-8-20)27-29-25)16-30(15-19)14-18-5-3-17(4-6-18)13-26-28-24/h3-10,19,21H,2,11-16H2,1H3/t19-,21+/m0/s1. The summed E-state index contributed by atoms with van der Waals surface area (Å²) in [6, 6.07) is 15.7. The highest BCUT2D eigenvalue weighted by Crippen LogP contribution is 2.33. The van der Waals surface area contributed by atoms with Gasteiger partial charge in [0.15, 0.2) is 0 Å². The molecule has 0 aliphatic carbocycles. The van der Waals surface area contributed by atoms with Crippen LogP contribution in [-0.2, 0) is 22.6 Å². The second kappa shape index (κ2) is 11.8. The molecule has 2 aromatic carbocycles. The summed E-state index contributed by atoms with van der Waals surface area (Å²) in [5.41, 5.74) is 21.0. The summed E-state index contributed by atoms with van der Waals surface area (Å²) in [6.45, 7) is 5.03. The van der Waals surface area contributed by atoms with Crippen LogP contribution in [-0.4, -0.2) is 30.6 Å². The molecule has 2 aromatic rings. The number of carbonyl (C=O) groups excluding carboxylic acids is 1. The number of nitrogens with zero attached hydrogens (tertiary/aromatic N) is 7. The monoisotopic (exact) mass is 433 g/mol. The maximum Gasteiger partial charge on any atom is 0.306 e. The third kappa shape index (κ3) is 6.75. The lowest BCUT2D eigenvalue weighted by Gasteiger charge is -2.38. The van der Waals surface area contributed by atoms with Crippen molar-refractivity contribution in [1.29, 1.82) is 0 Å². The van der Waals surface area contributed by atoms with Crippen molar-refractivity contribution in [2.24, 2.45) is 16.1 Å². The first-order valence-corrected chi connectivity index (χ1v) is 10.7. The van der Waals surface area contributed by atoms with Crippen molar-refractivity contribution in [3.63, 3.8) is 0 Å². The third-order valence-corrected chi connectivity index (χ3v) is 5.64. The first-order chi connectivity index (χ1) is 15.6. The minimum Gasteiger partial charge on any atom is -0.466 e. The lowest BCUT2D eigenvalue weighted by molar-refractivity contribution is -0.144. The maximum absolute atomic E-state index is 12.1. The molecule has 0 bridgehead atoms. The molecule has 0 aromatic heterocycles. The fourth-order valence-corrected chi connectivity index (χ4v) is 4.26. The zero-order chi connectivity index (χ0) is 22.8. The van der Waals surface area contributed by atoms with E-state index in [9.17, 15) is 4.79 Å². The summed E-state index contributed by atoms with van der Waals surface area (Å²) in [5, 5.41) is 7.25. The Morgan fingerprint density at radius 3 is 2.44 bits per heavy atom. The Bertz CT molecular complexity index is 994. The summed E-state index contributed by atoms with van der Waals surface area (Å²) in [4.78, 5) is 20.1. The molecular formula is C23H27N7O2. The summed E-state index contributed by atoms with van der Waals surface area (Å²) in [7, 11) is 0. The van der Waals surface area contributed by atoms with Crippen LogP contribution < -0.4 is 0 Å². The van der Waals surface area contributed by atoms with Gasteiger partial charge < -0.3 is 4.74 Å². The van der Waals surface area contributed by atoms with Gasteiger partial charge in [0.1, 0.15) is 0 Å². The molecule has 3 rings (SSSR count). The second-order valence-electron chi connectivity index (χ2n) is 7.99. The molecule has 0 N–H and O–H groups in total. The van der Waals surface area contributed by atoms with Gasteiger partial charge >= 0.3 is 5.97 Å². The van der Waals surface area contributed by atoms with E-state index in [0.717, 1.165) is 31.6 Å². The predicted molar refractivity (Wildman–Crippen MR) is 122 cm³/mol. The average molecular weight is 434 g/mol. The Labute approximate surface area is 187 Å². The van der Waals surface area contributed by atoms with Crippen molar-refractivity contribution in [3.8, 4) is 0 Å². The molecule has 9 heteroatoms. The van der Waals surface area contributed by atoms with Crippen molar-refractivity contribution >= 4 is 11.7 Å². The van der Waals surface area contributed by atoms with Crippen molar-refractivity contribution in [2.75, 3.05) is 19.7 Å². The lowest BCUT2D eigenvalue weighted by Crippen LogP contribution is -2.40. The number of azide groups is 2. The van der Waals surface area contributed by atoms with E-state index in [1.165, 1.54) is 11.1 Å². The van der Waals surface area contributed by atoms with Gasteiger partial charge in [-0.2, -0.15) is 0 Å². The van der Waals surface area contributed by atoms with E-state index in [1.807, 2.05) is 43.3 Å². The maximum atomic E-state index is 12.1. The summed E-state index contributed by atoms with van der Waals surface area (Å²) >= 11 is 0. The van der Waals surface area contributed by atoms with E-state index in [1.54, 1.807) is 0 Å². The predicted octanol–water partition coefficient (Wildman–Crippen LogP) is 6.00. The molecular weight excluding hydrogens is 406 g/mol. The quantitative estimate of drug-likeness (QED) is 0.208. The van der Waals surface area contributed by atoms with Gasteiger partial charge in [-0.3, -0.25) is 9.69 Å². The van der Waals surface area contributed by atoms with Gasteiger partial charge in [-0.15, -0.1) is 0 Å². The number of esters is 1. The van der Waals surface area contributed by atoms with E-state index in [4.69, 9.17) is 15.8 Å². The van der Waals surface area contributed by atoms with Crippen LogP contribution >= 0.6 is 0 Å². The molecule has 0 radical (unpaired) electrons. The molecule has 1 fully saturated rings. The van der Waals surface area contributed by atoms with Crippen molar-refractivity contribution in [3.05, 3.63) is 86.1 Å². The molecule has 1 aliphatic rings. The molecule has 2 atom stereocenters. The van der Waals surface area contributed by atoms with Crippen molar-refractivity contribution < 1.29 is 9.53 Å². The zero-order valence-electron chi connectivity index (χ0n) is 18.2. The van der Waals surface area contributed by atoms with Crippen LogP contribution in [0.25, 0.3) is 20.9 Å². The zero-order valence-corrected chi connectivity index (χ0v) is 18.2. The Balaban J connectivity index is 1.73. The fourth-order valence-electron chi connectivity index (χ4n) is 4.26. The number of ether oxygens (including phenoxy) is 1. The minimum absolute atomic E-state index is 0.154. The Hall–Kier alpha value is -3.51. The number of hydrogen-bond acceptors (Lipinski definition) is 5. The smallest absolute Gasteiger partial charge is 0.306 e. The van der Waals surface area contributed by atoms with Crippen molar-refractivity contribution in [2.45, 2.75) is 38.8 Å². The van der Waals surface area contributed by atoms with Gasteiger partial charge in [0.25, 0.3) is 0 Å². The number of benzene rings is 2. The van der Waals surface area contributed by atoms with Crippen LogP contribution in [0.5, 0.6) is 0 Å². The SMILES string of the molecule is CCOC(=O)C[C@@H]1C[C@@H](c2ccc(N=[N+]=[N-])cc2)CN(Cc2ccc(CN=[N+]=[N-])cc2)C1. The van der Waals surface area contributed by atoms with Gasteiger partial charge in [-0.1, -0.05) is 58.8 Å². The van der Waals surface area contributed by atoms with Gasteiger partial charge in [-0.05, 0) is 52.9 Å². The Morgan fingerprint density at radius 2 is 1.78 bits per heavy atom. The molecule has 1 saturated heterocycles. The van der Waals surface area contributed by atoms with Crippen molar-refractivity contribution in [1.82, 2.24) is 4.90 Å². The van der Waals surface area contributed by atoms with Gasteiger partial charge in [0.05, 0.1) is 13.2 Å². The van der Waals surface area contributed by atoms with Gasteiger partial charge in [-0.25, -0.2) is 0 Å². The number of likely N-dealkylation sites (tertiary alicyclic amines) is 1. The van der Waals surface area contributed by atoms with E-state index in [-0.39, 0.29) is 17.8 Å². The molecule has 1 heterocycles. The second-order valence-corrected chi connectivity index (χ2v) is 7.99. The molecule has 9 nitrogen and oxygen atoms in total. The van der Waals surface area contributed by atoms with Crippen LogP contribution in [0.1, 0.15) is 42.4 Å². The van der Waals surface area contributed by atoms with Crippen LogP contribution in [0.3, 0.4) is 0 Å². The molecule has 0 amide bonds. The molecule has 0 spiro atoms. The largest absolute Gasteiger partial charge is 0.466 e. The molecule has 0 unspecified atom stereocenters. The van der Waals surface area contributed by atoms with E-state index in [0.29, 0.717) is 25.3 Å². The summed E-state index contributed by atoms with van der Waals surface area (Å²) in [6.07, 6.45) is 1.31. The molecule has 0 saturated carbocycles. The topological polar surface area (TPSA) is 127 Å². The number of carbonyl (C=O) groups is 1. The fraction of sp³-hybridized carbons (Fsp3) is 0.435. The van der Waals surface area contributed by atoms with E-state index < -0.39 is 0 Å². The first-order valence-electron chi connectivity index (χ1n) is 10.7. The molecule has 32 heavy (non-hydrogen) atoms. The highest BCUT2D eigenvalue weighted by Gasteiger charge is 2.30. The summed E-state index contributed by atoms with van der Waals surface area (Å²) in [5.74, 6) is 0.320. The summed E-state index contributed by atoms with van der Waals surface area (Å²) < 4.78 is 5.19. The van der Waals surface area contributed by atoms with Gasteiger partial charge in [0, 0.05) is 41.6 Å². The molecule has 1 aliphatic heterocycles. The van der Waals surface area contributed by atoms with Crippen LogP contribution in [0, 0.1) is 5.92 Å². The lowest BCUT2D eigenvalue weighted by atomic mass is 9.83. The normalized spacial score (nSPS) is 18.3. The Morgan fingerprint density at radius 1 is 1.06 bits per heavy atom. The Kier molecular flexibility index (Phi) is 8.52. The minimum atomic E-state index is -0.154. The highest BCUT2D eigenvalue weighted by atomic mass is 16.5. The molecule has 166 valence electrons. The first kappa shape index (κ1) is 23.2. The van der Waals surface area contributed by atoms with E-state index in [2.05, 4.69) is 37.1 Å². The third-order valence-electron chi connectivity index (χ3n) is 5.64. The van der Waals surface area contributed by atoms with Crippen LogP contribution in [0.15, 0.2) is 58.8 Å². The van der Waals surface area contributed by atoms with Crippen LogP contribution in [0.4, 0.5) is 5.69 Å². The number of piperidine rings is 1. The highest BCUT2D eigenvalue weighted by molar-refractivity contribution is 5.69. The van der Waals surface area contributed by atoms with E-state index >= 15 is 0 Å². The van der Waals surface area contributed by atoms with Gasteiger partial charge in [0.2, 0.25) is 0 Å². The van der Waals surface area contributed by atoms with Crippen LogP contribution in [0.2, 0.25) is 0 Å². The average Bonchev–Trinajstić information content (AvgIpc) is 2.79.